The number of piperidine rings is 1. The first kappa shape index (κ1) is 14.3. The average Bonchev–Trinajstić information content (AvgIpc) is 2.52. The summed E-state index contributed by atoms with van der Waals surface area (Å²) in [4.78, 5) is 12.8. The van der Waals surface area contributed by atoms with Crippen molar-refractivity contribution in [3.63, 3.8) is 0 Å². The lowest BCUT2D eigenvalue weighted by molar-refractivity contribution is 0.397. The third-order valence-electron chi connectivity index (χ3n) is 3.01. The van der Waals surface area contributed by atoms with Gasteiger partial charge in [0.05, 0.1) is 18.8 Å². The van der Waals surface area contributed by atoms with Crippen LogP contribution in [0.25, 0.3) is 0 Å². The molecule has 2 heterocycles. The van der Waals surface area contributed by atoms with E-state index in [0.717, 1.165) is 25.9 Å². The smallest absolute Gasteiger partial charge is 0.230 e. The zero-order valence-corrected chi connectivity index (χ0v) is 11.5. The highest BCUT2D eigenvalue weighted by molar-refractivity contribution is 5.82. The molecule has 1 aromatic heterocycles. The van der Waals surface area contributed by atoms with Gasteiger partial charge in [-0.2, -0.15) is 4.98 Å². The Morgan fingerprint density at radius 3 is 3.05 bits per heavy atom. The summed E-state index contributed by atoms with van der Waals surface area (Å²) in [5, 5.41) is 6.32. The summed E-state index contributed by atoms with van der Waals surface area (Å²) < 4.78 is 5.04. The Bertz CT molecular complexity index is 482. The number of ether oxygens (including phenoxy) is 1. The molecule has 2 rings (SSSR count). The number of anilines is 1. The Morgan fingerprint density at radius 1 is 1.55 bits per heavy atom. The SMILES string of the molecule is COc1ccnc(N/C(C=NC2CCNCC2)=C/N)n1. The van der Waals surface area contributed by atoms with Gasteiger partial charge in [-0.3, -0.25) is 4.99 Å². The zero-order chi connectivity index (χ0) is 14.2. The lowest BCUT2D eigenvalue weighted by Gasteiger charge is -2.18. The predicted octanol–water partition coefficient (Wildman–Crippen LogP) is 0.520. The summed E-state index contributed by atoms with van der Waals surface area (Å²) in [6.07, 6.45) is 6.90. The number of aromatic nitrogens is 2. The van der Waals surface area contributed by atoms with Crippen molar-refractivity contribution in [3.05, 3.63) is 24.2 Å². The first-order valence-electron chi connectivity index (χ1n) is 6.61. The maximum atomic E-state index is 5.59. The number of nitrogens with zero attached hydrogens (tertiary/aromatic N) is 3. The molecule has 1 aliphatic rings. The maximum absolute atomic E-state index is 5.59. The molecule has 1 aromatic rings. The second kappa shape index (κ2) is 7.44. The van der Waals surface area contributed by atoms with Crippen molar-refractivity contribution >= 4 is 12.2 Å². The van der Waals surface area contributed by atoms with Crippen molar-refractivity contribution in [3.8, 4) is 5.88 Å². The molecule has 0 atom stereocenters. The van der Waals surface area contributed by atoms with Crippen LogP contribution in [0.3, 0.4) is 0 Å². The highest BCUT2D eigenvalue weighted by atomic mass is 16.5. The number of methoxy groups -OCH3 is 1. The van der Waals surface area contributed by atoms with Crippen LogP contribution in [0.4, 0.5) is 5.95 Å². The summed E-state index contributed by atoms with van der Waals surface area (Å²) in [6.45, 7) is 2.02. The number of nitrogens with two attached hydrogens (primary N) is 1. The number of allylic oxidation sites excluding steroid dienone is 1. The van der Waals surface area contributed by atoms with Crippen molar-refractivity contribution in [2.45, 2.75) is 18.9 Å². The number of hydrogen-bond donors (Lipinski definition) is 3. The summed E-state index contributed by atoms with van der Waals surface area (Å²) in [6, 6.07) is 2.03. The van der Waals surface area contributed by atoms with Gasteiger partial charge in [-0.15, -0.1) is 0 Å². The van der Waals surface area contributed by atoms with Crippen LogP contribution in [-0.2, 0) is 0 Å². The van der Waals surface area contributed by atoms with Gasteiger partial charge in [0.25, 0.3) is 0 Å². The zero-order valence-electron chi connectivity index (χ0n) is 11.5. The number of hydrogen-bond acceptors (Lipinski definition) is 7. The van der Waals surface area contributed by atoms with E-state index in [1.54, 1.807) is 25.6 Å². The van der Waals surface area contributed by atoms with Gasteiger partial charge < -0.3 is 21.1 Å². The molecule has 1 aliphatic heterocycles. The quantitative estimate of drug-likeness (QED) is 0.678. The molecule has 0 unspecified atom stereocenters. The lowest BCUT2D eigenvalue weighted by atomic mass is 10.1. The van der Waals surface area contributed by atoms with Crippen LogP contribution in [0.15, 0.2) is 29.2 Å². The van der Waals surface area contributed by atoms with Crippen LogP contribution in [0.2, 0.25) is 0 Å². The van der Waals surface area contributed by atoms with Crippen LogP contribution in [0.1, 0.15) is 12.8 Å². The summed E-state index contributed by atoms with van der Waals surface area (Å²) >= 11 is 0. The van der Waals surface area contributed by atoms with E-state index >= 15 is 0 Å². The molecule has 0 radical (unpaired) electrons. The summed E-state index contributed by atoms with van der Waals surface area (Å²) in [5.74, 6) is 0.923. The van der Waals surface area contributed by atoms with Crippen molar-refractivity contribution in [1.29, 1.82) is 0 Å². The first-order valence-corrected chi connectivity index (χ1v) is 6.61. The molecular formula is C13H20N6O. The molecule has 0 spiro atoms. The molecular weight excluding hydrogens is 256 g/mol. The standard InChI is InChI=1S/C13H20N6O/c1-20-12-4-7-16-13(19-12)18-11(8-14)9-17-10-2-5-15-6-3-10/h4,7-10,15H,2-3,5-6,14H2,1H3,(H,16,18,19)/b11-8+,17-9?. The van der Waals surface area contributed by atoms with Crippen LogP contribution in [0.5, 0.6) is 5.88 Å². The number of nitrogens with one attached hydrogen (secondary N) is 2. The minimum Gasteiger partial charge on any atom is -0.481 e. The molecule has 0 amide bonds. The van der Waals surface area contributed by atoms with Crippen LogP contribution in [0, 0.1) is 0 Å². The van der Waals surface area contributed by atoms with E-state index in [1.165, 1.54) is 6.20 Å². The highest BCUT2D eigenvalue weighted by Gasteiger charge is 2.10. The second-order valence-electron chi connectivity index (χ2n) is 4.43. The number of rotatable bonds is 5. The Morgan fingerprint density at radius 2 is 2.35 bits per heavy atom. The third-order valence-corrected chi connectivity index (χ3v) is 3.01. The van der Waals surface area contributed by atoms with E-state index in [1.807, 2.05) is 0 Å². The second-order valence-corrected chi connectivity index (χ2v) is 4.43. The van der Waals surface area contributed by atoms with Gasteiger partial charge in [0, 0.05) is 24.7 Å². The fourth-order valence-corrected chi connectivity index (χ4v) is 1.90. The van der Waals surface area contributed by atoms with E-state index in [0.29, 0.717) is 23.6 Å². The molecule has 0 aromatic carbocycles. The topological polar surface area (TPSA) is 97.5 Å². The fourth-order valence-electron chi connectivity index (χ4n) is 1.90. The van der Waals surface area contributed by atoms with E-state index in [2.05, 4.69) is 25.6 Å². The van der Waals surface area contributed by atoms with Gasteiger partial charge in [-0.25, -0.2) is 4.98 Å². The minimum absolute atomic E-state index is 0.347. The van der Waals surface area contributed by atoms with E-state index in [9.17, 15) is 0 Å². The monoisotopic (exact) mass is 276 g/mol. The van der Waals surface area contributed by atoms with Gasteiger partial charge in [0.2, 0.25) is 11.8 Å². The van der Waals surface area contributed by atoms with Gasteiger partial charge in [0.1, 0.15) is 0 Å². The molecule has 1 saturated heterocycles. The largest absolute Gasteiger partial charge is 0.481 e. The molecule has 0 aliphatic carbocycles. The van der Waals surface area contributed by atoms with Crippen LogP contribution in [-0.4, -0.2) is 42.4 Å². The molecule has 7 heteroatoms. The van der Waals surface area contributed by atoms with Crippen molar-refractivity contribution in [2.24, 2.45) is 10.7 Å². The molecule has 108 valence electrons. The van der Waals surface area contributed by atoms with Crippen LogP contribution >= 0.6 is 0 Å². The van der Waals surface area contributed by atoms with Crippen LogP contribution < -0.4 is 21.1 Å². The molecule has 0 saturated carbocycles. The maximum Gasteiger partial charge on any atom is 0.230 e. The lowest BCUT2D eigenvalue weighted by Crippen LogP contribution is -2.30. The third kappa shape index (κ3) is 4.20. The first-order chi connectivity index (χ1) is 9.81. The molecule has 0 bridgehead atoms. The normalized spacial score (nSPS) is 17.4. The Kier molecular flexibility index (Phi) is 5.31. The van der Waals surface area contributed by atoms with E-state index in [4.69, 9.17) is 10.5 Å². The Hall–Kier alpha value is -2.15. The molecule has 4 N–H and O–H groups in total. The van der Waals surface area contributed by atoms with Gasteiger partial charge in [0.15, 0.2) is 0 Å². The fraction of sp³-hybridized carbons (Fsp3) is 0.462. The van der Waals surface area contributed by atoms with E-state index < -0.39 is 0 Å². The van der Waals surface area contributed by atoms with Gasteiger partial charge in [-0.05, 0) is 25.9 Å². The minimum atomic E-state index is 0.347. The Labute approximate surface area is 118 Å². The van der Waals surface area contributed by atoms with Gasteiger partial charge in [-0.1, -0.05) is 0 Å². The van der Waals surface area contributed by atoms with Crippen molar-refractivity contribution < 1.29 is 4.74 Å². The van der Waals surface area contributed by atoms with Crippen molar-refractivity contribution in [1.82, 2.24) is 15.3 Å². The predicted molar refractivity (Wildman–Crippen MR) is 78.9 cm³/mol. The van der Waals surface area contributed by atoms with Crippen molar-refractivity contribution in [2.75, 3.05) is 25.5 Å². The highest BCUT2D eigenvalue weighted by Crippen LogP contribution is 2.10. The average molecular weight is 276 g/mol. The summed E-state index contributed by atoms with van der Waals surface area (Å²) in [5.41, 5.74) is 6.26. The molecule has 20 heavy (non-hydrogen) atoms. The molecule has 7 nitrogen and oxygen atoms in total. The Balaban J connectivity index is 1.96. The number of aliphatic imine (C=N–C) groups is 1. The molecule has 1 fully saturated rings. The summed E-state index contributed by atoms with van der Waals surface area (Å²) in [7, 11) is 1.56. The van der Waals surface area contributed by atoms with E-state index in [-0.39, 0.29) is 0 Å². The van der Waals surface area contributed by atoms with Gasteiger partial charge >= 0.3 is 0 Å².